The van der Waals surface area contributed by atoms with Gasteiger partial charge in [0.05, 0.1) is 6.04 Å². The molecule has 0 heterocycles. The van der Waals surface area contributed by atoms with Crippen molar-refractivity contribution in [3.63, 3.8) is 0 Å². The lowest BCUT2D eigenvalue weighted by Gasteiger charge is -2.16. The number of rotatable bonds is 5. The van der Waals surface area contributed by atoms with Crippen molar-refractivity contribution in [3.8, 4) is 5.75 Å². The summed E-state index contributed by atoms with van der Waals surface area (Å²) in [5.41, 5.74) is 2.15. The third kappa shape index (κ3) is 4.31. The zero-order valence-corrected chi connectivity index (χ0v) is 14.0. The van der Waals surface area contributed by atoms with Crippen LogP contribution in [0.4, 0.5) is 4.39 Å². The van der Waals surface area contributed by atoms with Gasteiger partial charge < -0.3 is 10.1 Å². The summed E-state index contributed by atoms with van der Waals surface area (Å²) in [6.07, 6.45) is 0. The summed E-state index contributed by atoms with van der Waals surface area (Å²) >= 11 is 3.17. The molecule has 0 saturated carbocycles. The Labute approximate surface area is 137 Å². The maximum Gasteiger partial charge on any atom is 0.258 e. The molecular weight excluding hydrogens is 349 g/mol. The van der Waals surface area contributed by atoms with Crippen molar-refractivity contribution in [2.75, 3.05) is 6.61 Å². The fraction of sp³-hybridized carbons (Fsp3) is 0.235. The van der Waals surface area contributed by atoms with Gasteiger partial charge in [-0.3, -0.25) is 4.79 Å². The number of benzene rings is 2. The van der Waals surface area contributed by atoms with Crippen molar-refractivity contribution < 1.29 is 13.9 Å². The highest BCUT2D eigenvalue weighted by Crippen LogP contribution is 2.21. The quantitative estimate of drug-likeness (QED) is 0.863. The first kappa shape index (κ1) is 16.5. The molecule has 1 amide bonds. The Morgan fingerprint density at radius 2 is 2.05 bits per heavy atom. The van der Waals surface area contributed by atoms with Crippen LogP contribution in [0.2, 0.25) is 0 Å². The molecule has 1 N–H and O–H groups in total. The van der Waals surface area contributed by atoms with Crippen LogP contribution in [-0.4, -0.2) is 12.5 Å². The molecule has 0 bridgehead atoms. The summed E-state index contributed by atoms with van der Waals surface area (Å²) < 4.78 is 19.4. The van der Waals surface area contributed by atoms with Crippen LogP contribution in [0.1, 0.15) is 24.1 Å². The molecule has 5 heteroatoms. The van der Waals surface area contributed by atoms with Crippen LogP contribution in [0.5, 0.6) is 5.75 Å². The van der Waals surface area contributed by atoms with E-state index in [1.807, 2.05) is 38.1 Å². The summed E-state index contributed by atoms with van der Waals surface area (Å²) in [4.78, 5) is 11.9. The molecule has 116 valence electrons. The van der Waals surface area contributed by atoms with Crippen LogP contribution < -0.4 is 10.1 Å². The molecule has 0 spiro atoms. The summed E-state index contributed by atoms with van der Waals surface area (Å²) in [6, 6.07) is 12.1. The zero-order chi connectivity index (χ0) is 16.1. The molecule has 2 aromatic rings. The van der Waals surface area contributed by atoms with Crippen LogP contribution >= 0.6 is 15.9 Å². The number of amides is 1. The normalized spacial score (nSPS) is 11.8. The average molecular weight is 366 g/mol. The number of nitrogens with one attached hydrogen (secondary N) is 1. The molecule has 0 aliphatic rings. The SMILES string of the molecule is Cc1ccccc1C(C)NC(=O)COc1ccc(Br)cc1F. The highest BCUT2D eigenvalue weighted by molar-refractivity contribution is 9.10. The number of carbonyl (C=O) groups excluding carboxylic acids is 1. The summed E-state index contributed by atoms with van der Waals surface area (Å²) in [7, 11) is 0. The zero-order valence-electron chi connectivity index (χ0n) is 12.4. The molecule has 2 rings (SSSR count). The fourth-order valence-corrected chi connectivity index (χ4v) is 2.50. The van der Waals surface area contributed by atoms with Gasteiger partial charge in [-0.05, 0) is 43.2 Å². The van der Waals surface area contributed by atoms with E-state index in [-0.39, 0.29) is 24.3 Å². The van der Waals surface area contributed by atoms with Crippen LogP contribution in [0, 0.1) is 12.7 Å². The Bertz CT molecular complexity index is 675. The fourth-order valence-electron chi connectivity index (χ4n) is 2.17. The van der Waals surface area contributed by atoms with Gasteiger partial charge in [-0.25, -0.2) is 4.39 Å². The van der Waals surface area contributed by atoms with E-state index in [9.17, 15) is 9.18 Å². The van der Waals surface area contributed by atoms with Crippen molar-refractivity contribution >= 4 is 21.8 Å². The van der Waals surface area contributed by atoms with Gasteiger partial charge in [-0.15, -0.1) is 0 Å². The highest BCUT2D eigenvalue weighted by atomic mass is 79.9. The van der Waals surface area contributed by atoms with Gasteiger partial charge in [0, 0.05) is 4.47 Å². The van der Waals surface area contributed by atoms with E-state index in [1.165, 1.54) is 12.1 Å². The van der Waals surface area contributed by atoms with Crippen LogP contribution in [-0.2, 0) is 4.79 Å². The Kier molecular flexibility index (Phi) is 5.55. The van der Waals surface area contributed by atoms with Crippen molar-refractivity contribution in [2.24, 2.45) is 0 Å². The van der Waals surface area contributed by atoms with Crippen molar-refractivity contribution in [1.29, 1.82) is 0 Å². The molecule has 3 nitrogen and oxygen atoms in total. The molecule has 1 atom stereocenters. The van der Waals surface area contributed by atoms with Gasteiger partial charge in [0.1, 0.15) is 0 Å². The van der Waals surface area contributed by atoms with Gasteiger partial charge in [0.25, 0.3) is 5.91 Å². The van der Waals surface area contributed by atoms with E-state index in [2.05, 4.69) is 21.2 Å². The van der Waals surface area contributed by atoms with Crippen LogP contribution in [0.15, 0.2) is 46.9 Å². The molecule has 0 radical (unpaired) electrons. The number of carbonyl (C=O) groups is 1. The summed E-state index contributed by atoms with van der Waals surface area (Å²) in [6.45, 7) is 3.67. The predicted octanol–water partition coefficient (Wildman–Crippen LogP) is 4.15. The smallest absolute Gasteiger partial charge is 0.258 e. The van der Waals surface area contributed by atoms with Crippen molar-refractivity contribution in [2.45, 2.75) is 19.9 Å². The second-order valence-electron chi connectivity index (χ2n) is 5.01. The van der Waals surface area contributed by atoms with Gasteiger partial charge >= 0.3 is 0 Å². The molecule has 2 aromatic carbocycles. The number of ether oxygens (including phenoxy) is 1. The number of halogens is 2. The number of hydrogen-bond donors (Lipinski definition) is 1. The first-order valence-corrected chi connectivity index (χ1v) is 7.69. The lowest BCUT2D eigenvalue weighted by Crippen LogP contribution is -2.31. The Morgan fingerprint density at radius 3 is 2.73 bits per heavy atom. The van der Waals surface area contributed by atoms with E-state index in [4.69, 9.17) is 4.74 Å². The molecule has 22 heavy (non-hydrogen) atoms. The molecule has 0 aromatic heterocycles. The lowest BCUT2D eigenvalue weighted by atomic mass is 10.0. The molecule has 0 aliphatic carbocycles. The van der Waals surface area contributed by atoms with Gasteiger partial charge in [-0.2, -0.15) is 0 Å². The monoisotopic (exact) mass is 365 g/mol. The maximum absolute atomic E-state index is 13.6. The second kappa shape index (κ2) is 7.40. The largest absolute Gasteiger partial charge is 0.481 e. The van der Waals surface area contributed by atoms with Gasteiger partial charge in [0.2, 0.25) is 0 Å². The molecule has 0 fully saturated rings. The molecule has 0 aliphatic heterocycles. The highest BCUT2D eigenvalue weighted by Gasteiger charge is 2.12. The molecular formula is C17H17BrFNO2. The third-order valence-electron chi connectivity index (χ3n) is 3.29. The van der Waals surface area contributed by atoms with Crippen LogP contribution in [0.25, 0.3) is 0 Å². The lowest BCUT2D eigenvalue weighted by molar-refractivity contribution is -0.123. The van der Waals surface area contributed by atoms with E-state index in [0.29, 0.717) is 4.47 Å². The van der Waals surface area contributed by atoms with E-state index < -0.39 is 5.82 Å². The summed E-state index contributed by atoms with van der Waals surface area (Å²) in [5, 5.41) is 2.84. The van der Waals surface area contributed by atoms with E-state index >= 15 is 0 Å². The average Bonchev–Trinajstić information content (AvgIpc) is 2.46. The third-order valence-corrected chi connectivity index (χ3v) is 3.78. The minimum Gasteiger partial charge on any atom is -0.481 e. The number of hydrogen-bond acceptors (Lipinski definition) is 2. The minimum absolute atomic E-state index is 0.0573. The Morgan fingerprint density at radius 1 is 1.32 bits per heavy atom. The van der Waals surface area contributed by atoms with Crippen molar-refractivity contribution in [3.05, 3.63) is 63.9 Å². The number of aryl methyl sites for hydroxylation is 1. The molecule has 1 unspecified atom stereocenters. The summed E-state index contributed by atoms with van der Waals surface area (Å²) in [5.74, 6) is -0.742. The topological polar surface area (TPSA) is 38.3 Å². The van der Waals surface area contributed by atoms with Gasteiger partial charge in [0.15, 0.2) is 18.2 Å². The first-order chi connectivity index (χ1) is 10.5. The predicted molar refractivity (Wildman–Crippen MR) is 87.3 cm³/mol. The Balaban J connectivity index is 1.92. The maximum atomic E-state index is 13.6. The standard InChI is InChI=1S/C17H17BrFNO2/c1-11-5-3-4-6-14(11)12(2)20-17(21)10-22-16-8-7-13(18)9-15(16)19/h3-9,12H,10H2,1-2H3,(H,20,21). The van der Waals surface area contributed by atoms with Gasteiger partial charge in [-0.1, -0.05) is 40.2 Å². The van der Waals surface area contributed by atoms with E-state index in [0.717, 1.165) is 11.1 Å². The van der Waals surface area contributed by atoms with E-state index in [1.54, 1.807) is 6.07 Å². The molecule has 0 saturated heterocycles. The Hall–Kier alpha value is -1.88. The van der Waals surface area contributed by atoms with Crippen molar-refractivity contribution in [1.82, 2.24) is 5.32 Å². The minimum atomic E-state index is -0.505. The second-order valence-corrected chi connectivity index (χ2v) is 5.92. The first-order valence-electron chi connectivity index (χ1n) is 6.90. The van der Waals surface area contributed by atoms with Crippen LogP contribution in [0.3, 0.4) is 0 Å².